The van der Waals surface area contributed by atoms with Gasteiger partial charge in [-0.3, -0.25) is 4.90 Å². The Morgan fingerprint density at radius 3 is 2.89 bits per heavy atom. The van der Waals surface area contributed by atoms with Gasteiger partial charge in [0.05, 0.1) is 6.61 Å². The normalized spacial score (nSPS) is 34.7. The summed E-state index contributed by atoms with van der Waals surface area (Å²) in [5.74, 6) is 2.58. The van der Waals surface area contributed by atoms with Gasteiger partial charge in [-0.05, 0) is 12.8 Å². The molecule has 0 radical (unpaired) electrons. The minimum Gasteiger partial charge on any atom is -0.361 e. The van der Waals surface area contributed by atoms with Crippen molar-refractivity contribution < 1.29 is 4.74 Å². The lowest BCUT2D eigenvalue weighted by Gasteiger charge is -2.28. The van der Waals surface area contributed by atoms with Gasteiger partial charge >= 0.3 is 0 Å². The van der Waals surface area contributed by atoms with E-state index in [1.807, 2.05) is 0 Å². The molecule has 0 aromatic rings. The van der Waals surface area contributed by atoms with E-state index >= 15 is 0 Å². The Labute approximate surface area is 114 Å². The number of rotatable bonds is 4. The van der Waals surface area contributed by atoms with Crippen LogP contribution in [0.4, 0.5) is 0 Å². The molecule has 104 valence electrons. The predicted octanol–water partition coefficient (Wildman–Crippen LogP) is 1.14. The molecule has 4 nitrogen and oxygen atoms in total. The molecule has 0 saturated carbocycles. The average molecular weight is 271 g/mol. The van der Waals surface area contributed by atoms with Crippen LogP contribution in [-0.2, 0) is 4.74 Å². The van der Waals surface area contributed by atoms with Crippen LogP contribution in [0, 0.1) is 0 Å². The van der Waals surface area contributed by atoms with Crippen molar-refractivity contribution in [1.82, 2.24) is 15.3 Å². The predicted molar refractivity (Wildman–Crippen MR) is 75.6 cm³/mol. The molecule has 0 aromatic carbocycles. The van der Waals surface area contributed by atoms with E-state index in [2.05, 4.69) is 27.1 Å². The molecule has 3 aliphatic heterocycles. The van der Waals surface area contributed by atoms with Crippen molar-refractivity contribution in [3.8, 4) is 0 Å². The maximum absolute atomic E-state index is 6.00. The van der Waals surface area contributed by atoms with Crippen molar-refractivity contribution in [2.75, 3.05) is 44.3 Å². The zero-order chi connectivity index (χ0) is 12.2. The first-order valence-corrected chi connectivity index (χ1v) is 8.52. The van der Waals surface area contributed by atoms with E-state index in [0.717, 1.165) is 19.2 Å². The van der Waals surface area contributed by atoms with E-state index in [-0.39, 0.29) is 6.23 Å². The van der Waals surface area contributed by atoms with Gasteiger partial charge < -0.3 is 4.74 Å². The van der Waals surface area contributed by atoms with Crippen LogP contribution in [0.2, 0.25) is 0 Å². The van der Waals surface area contributed by atoms with Crippen LogP contribution in [0.15, 0.2) is 0 Å². The summed E-state index contributed by atoms with van der Waals surface area (Å²) in [6, 6.07) is 0.732. The second-order valence-electron chi connectivity index (χ2n) is 5.52. The first-order valence-electron chi connectivity index (χ1n) is 7.36. The lowest BCUT2D eigenvalue weighted by molar-refractivity contribution is 0.00586. The first-order chi connectivity index (χ1) is 8.92. The van der Waals surface area contributed by atoms with Gasteiger partial charge in [0.25, 0.3) is 0 Å². The molecule has 0 spiro atoms. The molecule has 5 heteroatoms. The Bertz CT molecular complexity index is 247. The number of fused-ring (bicyclic) bond motifs is 1. The highest BCUT2D eigenvalue weighted by Gasteiger charge is 2.33. The second kappa shape index (κ2) is 6.57. The van der Waals surface area contributed by atoms with Crippen molar-refractivity contribution in [3.05, 3.63) is 0 Å². The molecule has 18 heavy (non-hydrogen) atoms. The van der Waals surface area contributed by atoms with Gasteiger partial charge in [0.15, 0.2) is 0 Å². The van der Waals surface area contributed by atoms with Gasteiger partial charge in [0.2, 0.25) is 0 Å². The molecule has 3 aliphatic rings. The SMILES string of the molecule is C1CCN2NC(OCCN3CCSCC3)CC2C1. The van der Waals surface area contributed by atoms with Crippen LogP contribution >= 0.6 is 11.8 Å². The zero-order valence-electron chi connectivity index (χ0n) is 11.1. The van der Waals surface area contributed by atoms with Crippen molar-refractivity contribution in [2.24, 2.45) is 0 Å². The number of nitrogens with zero attached hydrogens (tertiary/aromatic N) is 2. The van der Waals surface area contributed by atoms with Crippen LogP contribution in [0.5, 0.6) is 0 Å². The van der Waals surface area contributed by atoms with E-state index in [1.165, 1.54) is 56.8 Å². The molecule has 3 heterocycles. The molecule has 3 fully saturated rings. The summed E-state index contributed by atoms with van der Waals surface area (Å²) in [6.45, 7) is 5.65. The monoisotopic (exact) mass is 271 g/mol. The fourth-order valence-electron chi connectivity index (χ4n) is 3.15. The summed E-state index contributed by atoms with van der Waals surface area (Å²) in [7, 11) is 0. The molecule has 1 N–H and O–H groups in total. The van der Waals surface area contributed by atoms with Crippen molar-refractivity contribution in [2.45, 2.75) is 38.0 Å². The Morgan fingerprint density at radius 2 is 2.06 bits per heavy atom. The van der Waals surface area contributed by atoms with Gasteiger partial charge in [-0.25, -0.2) is 10.4 Å². The van der Waals surface area contributed by atoms with Crippen molar-refractivity contribution in [3.63, 3.8) is 0 Å². The molecule has 0 bridgehead atoms. The molecule has 2 atom stereocenters. The minimum atomic E-state index is 0.271. The van der Waals surface area contributed by atoms with Crippen LogP contribution in [0.25, 0.3) is 0 Å². The summed E-state index contributed by atoms with van der Waals surface area (Å²) in [5.41, 5.74) is 3.52. The third-order valence-corrected chi connectivity index (χ3v) is 5.20. The molecule has 0 amide bonds. The smallest absolute Gasteiger partial charge is 0.122 e. The quantitative estimate of drug-likeness (QED) is 0.828. The van der Waals surface area contributed by atoms with E-state index in [1.54, 1.807) is 0 Å². The Morgan fingerprint density at radius 1 is 1.17 bits per heavy atom. The molecule has 0 aliphatic carbocycles. The second-order valence-corrected chi connectivity index (χ2v) is 6.75. The minimum absolute atomic E-state index is 0.271. The largest absolute Gasteiger partial charge is 0.361 e. The standard InChI is InChI=1S/C13H25N3OS/c1-2-4-16-12(3-1)11-13(14-16)17-8-5-15-6-9-18-10-7-15/h12-14H,1-11H2. The van der Waals surface area contributed by atoms with Crippen LogP contribution in [-0.4, -0.2) is 66.5 Å². The van der Waals surface area contributed by atoms with E-state index in [0.29, 0.717) is 0 Å². The van der Waals surface area contributed by atoms with Crippen LogP contribution in [0.1, 0.15) is 25.7 Å². The van der Waals surface area contributed by atoms with E-state index < -0.39 is 0 Å². The van der Waals surface area contributed by atoms with E-state index in [9.17, 15) is 0 Å². The fraction of sp³-hybridized carbons (Fsp3) is 1.00. The first kappa shape index (κ1) is 13.2. The summed E-state index contributed by atoms with van der Waals surface area (Å²) in [5, 5.41) is 2.41. The van der Waals surface area contributed by atoms with Crippen molar-refractivity contribution in [1.29, 1.82) is 0 Å². The molecule has 2 unspecified atom stereocenters. The van der Waals surface area contributed by atoms with Gasteiger partial charge in [0, 0.05) is 50.1 Å². The summed E-state index contributed by atoms with van der Waals surface area (Å²) < 4.78 is 6.00. The average Bonchev–Trinajstić information content (AvgIpc) is 2.82. The summed E-state index contributed by atoms with van der Waals surface area (Å²) >= 11 is 2.07. The van der Waals surface area contributed by atoms with Gasteiger partial charge in [-0.1, -0.05) is 6.42 Å². The van der Waals surface area contributed by atoms with Gasteiger partial charge in [0.1, 0.15) is 6.23 Å². The topological polar surface area (TPSA) is 27.7 Å². The summed E-state index contributed by atoms with van der Waals surface area (Å²) in [4.78, 5) is 2.53. The van der Waals surface area contributed by atoms with Crippen molar-refractivity contribution >= 4 is 11.8 Å². The van der Waals surface area contributed by atoms with Crippen LogP contribution < -0.4 is 5.43 Å². The van der Waals surface area contributed by atoms with Gasteiger partial charge in [-0.2, -0.15) is 11.8 Å². The Balaban J connectivity index is 1.34. The maximum atomic E-state index is 6.00. The molecular formula is C13H25N3OS. The number of hydrazine groups is 1. The molecule has 3 rings (SSSR count). The number of ether oxygens (including phenoxy) is 1. The lowest BCUT2D eigenvalue weighted by Crippen LogP contribution is -2.43. The maximum Gasteiger partial charge on any atom is 0.122 e. The third kappa shape index (κ3) is 3.39. The number of hydrogen-bond donors (Lipinski definition) is 1. The fourth-order valence-corrected chi connectivity index (χ4v) is 4.13. The number of nitrogens with one attached hydrogen (secondary N) is 1. The number of hydrogen-bond acceptors (Lipinski definition) is 5. The van der Waals surface area contributed by atoms with Crippen LogP contribution in [0.3, 0.4) is 0 Å². The van der Waals surface area contributed by atoms with E-state index in [4.69, 9.17) is 4.74 Å². The summed E-state index contributed by atoms with van der Waals surface area (Å²) in [6.07, 6.45) is 5.52. The Kier molecular flexibility index (Phi) is 4.81. The number of thioether (sulfide) groups is 1. The lowest BCUT2D eigenvalue weighted by atomic mass is 10.0. The molecule has 0 aromatic heterocycles. The molecule has 3 saturated heterocycles. The molecular weight excluding hydrogens is 246 g/mol. The third-order valence-electron chi connectivity index (χ3n) is 4.25. The Hall–Kier alpha value is 0.190. The highest BCUT2D eigenvalue weighted by atomic mass is 32.2. The highest BCUT2D eigenvalue weighted by molar-refractivity contribution is 7.99. The highest BCUT2D eigenvalue weighted by Crippen LogP contribution is 2.24. The zero-order valence-corrected chi connectivity index (χ0v) is 12.0. The van der Waals surface area contributed by atoms with Gasteiger partial charge in [-0.15, -0.1) is 0 Å². The number of piperidine rings is 1.